The largest absolute Gasteiger partial charge is 0.393 e. The Morgan fingerprint density at radius 1 is 1.29 bits per heavy atom. The first-order valence-electron chi connectivity index (χ1n) is 7.27. The van der Waals surface area contributed by atoms with Crippen LogP contribution in [0.25, 0.3) is 11.1 Å². The number of carbonyl (C=O) groups is 1. The summed E-state index contributed by atoms with van der Waals surface area (Å²) >= 11 is 0. The first-order chi connectivity index (χ1) is 11.7. The van der Waals surface area contributed by atoms with Crippen LogP contribution in [0.15, 0.2) is 35.7 Å². The number of hydrogen-bond acceptors (Lipinski definition) is 6. The smallest absolute Gasteiger partial charge is 0.225 e. The summed E-state index contributed by atoms with van der Waals surface area (Å²) in [5.41, 5.74) is 1.53. The number of oxime groups is 1. The molecule has 0 unspecified atom stereocenters. The number of rotatable bonds is 6. The number of benzene rings is 1. The number of aromatic nitrogens is 2. The lowest BCUT2D eigenvalue weighted by Crippen LogP contribution is -2.48. The van der Waals surface area contributed by atoms with E-state index >= 15 is 0 Å². The van der Waals surface area contributed by atoms with Crippen LogP contribution >= 0.6 is 0 Å². The molecule has 1 aromatic heterocycles. The number of hydrogen-bond donors (Lipinski definition) is 0. The summed E-state index contributed by atoms with van der Waals surface area (Å²) in [5.74, 6) is -0.109. The van der Waals surface area contributed by atoms with Gasteiger partial charge in [-0.25, -0.2) is 18.7 Å². The Bertz CT molecular complexity index is 757. The molecular formula is C16H14F2N4O2. The molecule has 0 saturated carbocycles. The van der Waals surface area contributed by atoms with Gasteiger partial charge in [-0.05, 0) is 6.07 Å². The van der Waals surface area contributed by atoms with E-state index in [1.54, 1.807) is 12.1 Å². The van der Waals surface area contributed by atoms with Crippen LogP contribution < -0.4 is 4.90 Å². The normalized spacial score (nSPS) is 13.4. The van der Waals surface area contributed by atoms with E-state index in [0.717, 1.165) is 5.71 Å². The molecule has 1 aromatic carbocycles. The van der Waals surface area contributed by atoms with Gasteiger partial charge < -0.3 is 9.74 Å². The van der Waals surface area contributed by atoms with E-state index in [-0.39, 0.29) is 17.7 Å². The molecule has 2 heterocycles. The second-order valence-electron chi connectivity index (χ2n) is 5.13. The molecule has 2 aromatic rings. The van der Waals surface area contributed by atoms with Crippen LogP contribution in [-0.4, -0.2) is 48.3 Å². The predicted octanol–water partition coefficient (Wildman–Crippen LogP) is 2.26. The number of alkyl halides is 1. The number of nitrogens with zero attached hydrogens (tertiary/aromatic N) is 4. The zero-order valence-corrected chi connectivity index (χ0v) is 12.7. The van der Waals surface area contributed by atoms with Gasteiger partial charge in [-0.2, -0.15) is 0 Å². The summed E-state index contributed by atoms with van der Waals surface area (Å²) in [6.07, 6.45) is 3.48. The second kappa shape index (κ2) is 7.12. The Labute approximate surface area is 136 Å². The monoisotopic (exact) mass is 332 g/mol. The average Bonchev–Trinajstić information content (AvgIpc) is 2.57. The first-order valence-corrected chi connectivity index (χ1v) is 7.27. The van der Waals surface area contributed by atoms with Crippen LogP contribution in [0, 0.1) is 5.82 Å². The van der Waals surface area contributed by atoms with E-state index in [4.69, 9.17) is 4.84 Å². The molecule has 0 atom stereocenters. The Hall–Kier alpha value is -2.90. The van der Waals surface area contributed by atoms with Crippen molar-refractivity contribution in [2.75, 3.05) is 31.3 Å². The van der Waals surface area contributed by atoms with E-state index < -0.39 is 12.5 Å². The van der Waals surface area contributed by atoms with Crippen LogP contribution in [0.5, 0.6) is 0 Å². The van der Waals surface area contributed by atoms with Crippen molar-refractivity contribution >= 4 is 17.9 Å². The maximum absolute atomic E-state index is 14.1. The molecule has 0 spiro atoms. The average molecular weight is 332 g/mol. The minimum absolute atomic E-state index is 0.00606. The van der Waals surface area contributed by atoms with Gasteiger partial charge in [0.05, 0.1) is 24.4 Å². The van der Waals surface area contributed by atoms with Crippen LogP contribution in [-0.2, 0) is 4.84 Å². The topological polar surface area (TPSA) is 67.7 Å². The Balaban J connectivity index is 1.69. The Morgan fingerprint density at radius 2 is 2.04 bits per heavy atom. The highest BCUT2D eigenvalue weighted by Gasteiger charge is 2.25. The fraction of sp³-hybridized carbons (Fsp3) is 0.250. The Kier molecular flexibility index (Phi) is 4.74. The van der Waals surface area contributed by atoms with Gasteiger partial charge in [0.2, 0.25) is 5.95 Å². The third kappa shape index (κ3) is 3.22. The van der Waals surface area contributed by atoms with Crippen molar-refractivity contribution in [2.24, 2.45) is 5.16 Å². The molecule has 1 fully saturated rings. The van der Waals surface area contributed by atoms with Gasteiger partial charge in [-0.1, -0.05) is 17.3 Å². The van der Waals surface area contributed by atoms with Crippen molar-refractivity contribution < 1.29 is 18.4 Å². The number of halogens is 2. The van der Waals surface area contributed by atoms with Gasteiger partial charge in [0.25, 0.3) is 0 Å². The van der Waals surface area contributed by atoms with Crippen molar-refractivity contribution in [3.8, 4) is 11.1 Å². The summed E-state index contributed by atoms with van der Waals surface area (Å²) in [6, 6.07) is 4.58. The molecule has 0 amide bonds. The number of aldehydes is 1. The molecule has 0 bridgehead atoms. The van der Waals surface area contributed by atoms with Crippen molar-refractivity contribution in [3.63, 3.8) is 0 Å². The van der Waals surface area contributed by atoms with Crippen LogP contribution in [0.1, 0.15) is 10.4 Å². The zero-order chi connectivity index (χ0) is 16.9. The molecule has 0 N–H and O–H groups in total. The highest BCUT2D eigenvalue weighted by molar-refractivity contribution is 5.98. The highest BCUT2D eigenvalue weighted by atomic mass is 19.1. The molecule has 3 rings (SSSR count). The third-order valence-electron chi connectivity index (χ3n) is 3.50. The van der Waals surface area contributed by atoms with E-state index in [1.165, 1.54) is 18.5 Å². The molecule has 1 saturated heterocycles. The molecular weight excluding hydrogens is 318 g/mol. The van der Waals surface area contributed by atoms with Crippen molar-refractivity contribution in [2.45, 2.75) is 0 Å². The van der Waals surface area contributed by atoms with Gasteiger partial charge in [-0.3, -0.25) is 4.79 Å². The highest BCUT2D eigenvalue weighted by Crippen LogP contribution is 2.24. The fourth-order valence-electron chi connectivity index (χ4n) is 2.25. The molecule has 124 valence electrons. The second-order valence-corrected chi connectivity index (χ2v) is 5.13. The first kappa shape index (κ1) is 16.0. The molecule has 8 heteroatoms. The van der Waals surface area contributed by atoms with Crippen molar-refractivity contribution in [3.05, 3.63) is 42.0 Å². The van der Waals surface area contributed by atoms with Crippen molar-refractivity contribution in [1.29, 1.82) is 0 Å². The Morgan fingerprint density at radius 3 is 2.71 bits per heavy atom. The fourth-order valence-corrected chi connectivity index (χ4v) is 2.25. The van der Waals surface area contributed by atoms with Crippen LogP contribution in [0.2, 0.25) is 0 Å². The summed E-state index contributed by atoms with van der Waals surface area (Å²) in [7, 11) is 0. The van der Waals surface area contributed by atoms with E-state index in [2.05, 4.69) is 15.1 Å². The lowest BCUT2D eigenvalue weighted by Gasteiger charge is -2.31. The quantitative estimate of drug-likeness (QED) is 0.461. The summed E-state index contributed by atoms with van der Waals surface area (Å²) < 4.78 is 26.0. The predicted molar refractivity (Wildman–Crippen MR) is 84.4 cm³/mol. The van der Waals surface area contributed by atoms with Crippen LogP contribution in [0.3, 0.4) is 0 Å². The summed E-state index contributed by atoms with van der Waals surface area (Å²) in [6.45, 7) is 0.369. The molecule has 0 radical (unpaired) electrons. The van der Waals surface area contributed by atoms with E-state index in [1.807, 2.05) is 4.90 Å². The number of anilines is 1. The summed E-state index contributed by atoms with van der Waals surface area (Å²) in [4.78, 5) is 25.8. The molecule has 1 aliphatic heterocycles. The third-order valence-corrected chi connectivity index (χ3v) is 3.50. The standard InChI is InChI=1S/C16H14F2N4O2/c17-4-5-24-21-13-8-22(9-13)16-19-6-12(7-20-16)14-3-1-2-11(10-23)15(14)18/h1-3,6-7,10H,4-5,8-9H2. The zero-order valence-electron chi connectivity index (χ0n) is 12.7. The SMILES string of the molecule is O=Cc1cccc(-c2cnc(N3CC(=NOCCF)C3)nc2)c1F. The minimum Gasteiger partial charge on any atom is -0.393 e. The van der Waals surface area contributed by atoms with E-state index in [0.29, 0.717) is 30.9 Å². The number of carbonyl (C=O) groups excluding carboxylic acids is 1. The lowest BCUT2D eigenvalue weighted by atomic mass is 10.1. The van der Waals surface area contributed by atoms with Crippen molar-refractivity contribution in [1.82, 2.24) is 9.97 Å². The van der Waals surface area contributed by atoms with Crippen LogP contribution in [0.4, 0.5) is 14.7 Å². The molecule has 24 heavy (non-hydrogen) atoms. The molecule has 6 nitrogen and oxygen atoms in total. The molecule has 0 aliphatic carbocycles. The van der Waals surface area contributed by atoms with Gasteiger partial charge >= 0.3 is 0 Å². The molecule has 1 aliphatic rings. The maximum Gasteiger partial charge on any atom is 0.225 e. The van der Waals surface area contributed by atoms with Gasteiger partial charge in [0.15, 0.2) is 6.29 Å². The summed E-state index contributed by atoms with van der Waals surface area (Å²) in [5, 5.41) is 3.79. The van der Waals surface area contributed by atoms with Gasteiger partial charge in [0.1, 0.15) is 19.1 Å². The van der Waals surface area contributed by atoms with Gasteiger partial charge in [0, 0.05) is 23.5 Å². The van der Waals surface area contributed by atoms with E-state index in [9.17, 15) is 13.6 Å². The lowest BCUT2D eigenvalue weighted by molar-refractivity contribution is 0.112. The maximum atomic E-state index is 14.1. The minimum atomic E-state index is -0.591. The van der Waals surface area contributed by atoms with Gasteiger partial charge in [-0.15, -0.1) is 0 Å².